The summed E-state index contributed by atoms with van der Waals surface area (Å²) in [6.07, 6.45) is 2.55. The van der Waals surface area contributed by atoms with Crippen LogP contribution in [0.15, 0.2) is 27.6 Å². The molecule has 1 aromatic carbocycles. The molecule has 1 atom stereocenters. The van der Waals surface area contributed by atoms with Gasteiger partial charge in [-0.2, -0.15) is 0 Å². The Hall–Kier alpha value is -0.480. The Morgan fingerprint density at radius 1 is 1.53 bits per heavy atom. The number of thioether (sulfide) groups is 1. The van der Waals surface area contributed by atoms with Gasteiger partial charge in [0.1, 0.15) is 0 Å². The van der Waals surface area contributed by atoms with Crippen molar-refractivity contribution in [2.75, 3.05) is 12.8 Å². The van der Waals surface area contributed by atoms with Gasteiger partial charge in [-0.3, -0.25) is 4.79 Å². The van der Waals surface area contributed by atoms with Crippen LogP contribution < -0.4 is 0 Å². The molecule has 1 fully saturated rings. The van der Waals surface area contributed by atoms with Crippen molar-refractivity contribution in [2.45, 2.75) is 37.6 Å². The molecule has 104 valence electrons. The lowest BCUT2D eigenvalue weighted by atomic mass is 10.2. The molecule has 1 aliphatic rings. The van der Waals surface area contributed by atoms with Gasteiger partial charge in [0, 0.05) is 22.5 Å². The van der Waals surface area contributed by atoms with Crippen molar-refractivity contribution >= 4 is 33.6 Å². The van der Waals surface area contributed by atoms with Crippen LogP contribution in [0.25, 0.3) is 0 Å². The number of halogens is 1. The highest BCUT2D eigenvalue weighted by Crippen LogP contribution is 2.35. The zero-order chi connectivity index (χ0) is 14.0. The molecule has 1 saturated carbocycles. The van der Waals surface area contributed by atoms with E-state index in [1.54, 1.807) is 11.8 Å². The summed E-state index contributed by atoms with van der Waals surface area (Å²) in [7, 11) is 1.93. The first-order chi connectivity index (χ1) is 8.99. The molecule has 0 spiro atoms. The number of carbonyl (C=O) groups excluding carboxylic acids is 1. The predicted molar refractivity (Wildman–Crippen MR) is 84.6 cm³/mol. The van der Waals surface area contributed by atoms with Gasteiger partial charge >= 0.3 is 0 Å². The summed E-state index contributed by atoms with van der Waals surface area (Å²) in [4.78, 5) is 15.3. The molecule has 1 amide bonds. The van der Waals surface area contributed by atoms with Crippen LogP contribution in [0, 0.1) is 12.8 Å². The molecule has 1 aliphatic carbocycles. The molecule has 19 heavy (non-hydrogen) atoms. The van der Waals surface area contributed by atoms with Crippen LogP contribution >= 0.6 is 27.7 Å². The highest BCUT2D eigenvalue weighted by molar-refractivity contribution is 9.10. The molecule has 4 heteroatoms. The third kappa shape index (κ3) is 3.99. The lowest BCUT2D eigenvalue weighted by Gasteiger charge is -2.24. The average Bonchev–Trinajstić information content (AvgIpc) is 3.20. The lowest BCUT2D eigenvalue weighted by molar-refractivity contribution is -0.129. The first-order valence-electron chi connectivity index (χ1n) is 6.63. The van der Waals surface area contributed by atoms with Gasteiger partial charge in [-0.1, -0.05) is 15.9 Å². The molecule has 0 saturated heterocycles. The van der Waals surface area contributed by atoms with Gasteiger partial charge in [0.2, 0.25) is 5.91 Å². The van der Waals surface area contributed by atoms with E-state index in [-0.39, 0.29) is 5.91 Å². The molecule has 1 aromatic rings. The number of rotatable bonds is 5. The second-order valence-corrected chi connectivity index (χ2v) is 7.21. The number of hydrogen-bond acceptors (Lipinski definition) is 2. The van der Waals surface area contributed by atoms with E-state index in [1.807, 2.05) is 18.0 Å². The zero-order valence-electron chi connectivity index (χ0n) is 11.6. The molecule has 2 rings (SSSR count). The molecular weight excluding hydrogens is 322 g/mol. The lowest BCUT2D eigenvalue weighted by Crippen LogP contribution is -2.37. The summed E-state index contributed by atoms with van der Waals surface area (Å²) in [6, 6.07) is 6.57. The quantitative estimate of drug-likeness (QED) is 0.751. The third-order valence-corrected chi connectivity index (χ3v) is 5.45. The summed E-state index contributed by atoms with van der Waals surface area (Å²) in [5.74, 6) is 1.48. The first kappa shape index (κ1) is 14.9. The average molecular weight is 342 g/mol. The van der Waals surface area contributed by atoms with Crippen LogP contribution in [0.4, 0.5) is 0 Å². The zero-order valence-corrected chi connectivity index (χ0v) is 14.1. The smallest absolute Gasteiger partial charge is 0.232 e. The van der Waals surface area contributed by atoms with E-state index in [4.69, 9.17) is 0 Å². The Kier molecular flexibility index (Phi) is 4.96. The van der Waals surface area contributed by atoms with Crippen LogP contribution in [0.5, 0.6) is 0 Å². The monoisotopic (exact) mass is 341 g/mol. The van der Waals surface area contributed by atoms with Gasteiger partial charge < -0.3 is 4.90 Å². The molecular formula is C15H20BrNOS. The van der Waals surface area contributed by atoms with Gasteiger partial charge in [0.05, 0.1) is 5.75 Å². The molecule has 0 aromatic heterocycles. The maximum atomic E-state index is 12.2. The first-order valence-corrected chi connectivity index (χ1v) is 8.41. The number of benzene rings is 1. The highest BCUT2D eigenvalue weighted by Gasteiger charge is 2.32. The molecule has 2 nitrogen and oxygen atoms in total. The molecule has 0 bridgehead atoms. The maximum absolute atomic E-state index is 12.2. The minimum atomic E-state index is 0.228. The summed E-state index contributed by atoms with van der Waals surface area (Å²) < 4.78 is 1.08. The van der Waals surface area contributed by atoms with E-state index >= 15 is 0 Å². The van der Waals surface area contributed by atoms with Crippen LogP contribution in [-0.2, 0) is 4.79 Å². The van der Waals surface area contributed by atoms with Crippen molar-refractivity contribution in [3.05, 3.63) is 28.2 Å². The van der Waals surface area contributed by atoms with Crippen LogP contribution in [0.1, 0.15) is 25.3 Å². The Morgan fingerprint density at radius 3 is 2.79 bits per heavy atom. The maximum Gasteiger partial charge on any atom is 0.232 e. The van der Waals surface area contributed by atoms with E-state index in [9.17, 15) is 4.79 Å². The van der Waals surface area contributed by atoms with Crippen LogP contribution in [0.2, 0.25) is 0 Å². The Labute approximate surface area is 128 Å². The van der Waals surface area contributed by atoms with E-state index < -0.39 is 0 Å². The number of amides is 1. The minimum absolute atomic E-state index is 0.228. The topological polar surface area (TPSA) is 20.3 Å². The fourth-order valence-corrected chi connectivity index (χ4v) is 3.55. The number of carbonyl (C=O) groups is 1. The number of nitrogens with zero attached hydrogens (tertiary/aromatic N) is 1. The van der Waals surface area contributed by atoms with Gasteiger partial charge in [-0.15, -0.1) is 11.8 Å². The summed E-state index contributed by atoms with van der Waals surface area (Å²) in [5, 5.41) is 0. The van der Waals surface area contributed by atoms with E-state index in [2.05, 4.69) is 41.9 Å². The summed E-state index contributed by atoms with van der Waals surface area (Å²) >= 11 is 5.09. The van der Waals surface area contributed by atoms with Crippen molar-refractivity contribution in [3.8, 4) is 0 Å². The normalized spacial score (nSPS) is 16.2. The fraction of sp³-hybridized carbons (Fsp3) is 0.533. The third-order valence-electron chi connectivity index (χ3n) is 3.80. The van der Waals surface area contributed by atoms with Crippen LogP contribution in [-0.4, -0.2) is 29.6 Å². The van der Waals surface area contributed by atoms with Crippen molar-refractivity contribution in [1.29, 1.82) is 0 Å². The Morgan fingerprint density at radius 2 is 2.21 bits per heavy atom. The predicted octanol–water partition coefficient (Wildman–Crippen LogP) is 4.11. The van der Waals surface area contributed by atoms with Crippen molar-refractivity contribution in [1.82, 2.24) is 4.90 Å². The molecule has 0 radical (unpaired) electrons. The molecule has 0 aliphatic heterocycles. The van der Waals surface area contributed by atoms with Gasteiger partial charge in [0.25, 0.3) is 0 Å². The SMILES string of the molecule is Cc1cc(Br)ccc1SCC(=O)N(C)C(C)C1CC1. The second-order valence-electron chi connectivity index (χ2n) is 5.28. The Bertz CT molecular complexity index is 473. The van der Waals surface area contributed by atoms with E-state index in [1.165, 1.54) is 23.3 Å². The fourth-order valence-electron chi connectivity index (χ4n) is 2.14. The van der Waals surface area contributed by atoms with Crippen molar-refractivity contribution in [2.24, 2.45) is 5.92 Å². The van der Waals surface area contributed by atoms with E-state index in [0.717, 1.165) is 10.4 Å². The number of hydrogen-bond donors (Lipinski definition) is 0. The summed E-state index contributed by atoms with van der Waals surface area (Å²) in [6.45, 7) is 4.24. The van der Waals surface area contributed by atoms with Gasteiger partial charge in [-0.05, 0) is 56.4 Å². The summed E-state index contributed by atoms with van der Waals surface area (Å²) in [5.41, 5.74) is 1.21. The van der Waals surface area contributed by atoms with Gasteiger partial charge in [-0.25, -0.2) is 0 Å². The largest absolute Gasteiger partial charge is 0.342 e. The molecule has 1 unspecified atom stereocenters. The van der Waals surface area contributed by atoms with E-state index in [0.29, 0.717) is 11.8 Å². The number of aryl methyl sites for hydroxylation is 1. The standard InChI is InChI=1S/C15H20BrNOS/c1-10-8-13(16)6-7-14(10)19-9-15(18)17(3)11(2)12-4-5-12/h6-8,11-12H,4-5,9H2,1-3H3. The van der Waals surface area contributed by atoms with Crippen molar-refractivity contribution in [3.63, 3.8) is 0 Å². The van der Waals surface area contributed by atoms with Crippen molar-refractivity contribution < 1.29 is 4.79 Å². The highest BCUT2D eigenvalue weighted by atomic mass is 79.9. The minimum Gasteiger partial charge on any atom is -0.342 e. The second kappa shape index (κ2) is 6.31. The van der Waals surface area contributed by atoms with Crippen LogP contribution in [0.3, 0.4) is 0 Å². The van der Waals surface area contributed by atoms with Gasteiger partial charge in [0.15, 0.2) is 0 Å². The molecule has 0 N–H and O–H groups in total. The molecule has 0 heterocycles. The Balaban J connectivity index is 1.88.